The molecule has 1 atom stereocenters. The molecule has 4 nitrogen and oxygen atoms in total. The third kappa shape index (κ3) is 4.28. The Morgan fingerprint density at radius 2 is 2.15 bits per heavy atom. The van der Waals surface area contributed by atoms with Crippen LogP contribution in [0.15, 0.2) is 0 Å². The molecule has 5 heteroatoms. The second-order valence-corrected chi connectivity index (χ2v) is 6.34. The van der Waals surface area contributed by atoms with E-state index in [9.17, 15) is 0 Å². The molecule has 0 saturated carbocycles. The fourth-order valence-electron chi connectivity index (χ4n) is 2.41. The summed E-state index contributed by atoms with van der Waals surface area (Å²) in [6.07, 6.45) is 6.68. The molecule has 1 aliphatic rings. The van der Waals surface area contributed by atoms with Crippen LogP contribution in [0.2, 0.25) is 0 Å². The van der Waals surface area contributed by atoms with Crippen LogP contribution in [-0.4, -0.2) is 29.2 Å². The third-order valence-electron chi connectivity index (χ3n) is 3.43. The number of aromatic nitrogens is 2. The van der Waals surface area contributed by atoms with E-state index < -0.39 is 0 Å². The number of anilines is 1. The molecule has 1 saturated heterocycles. The third-order valence-corrected chi connectivity index (χ3v) is 4.56. The van der Waals surface area contributed by atoms with E-state index in [4.69, 9.17) is 14.7 Å². The standard InChI is InChI=1S/C15H24IN3O/c1-3-6-12-14(16)15(17-8-4-2)19-13(18-12)10-11-7-5-9-20-11/h11H,3-10H2,1-2H3,(H,17,18,19). The van der Waals surface area contributed by atoms with Crippen molar-refractivity contribution in [2.24, 2.45) is 0 Å². The fraction of sp³-hybridized carbons (Fsp3) is 0.733. The SMILES string of the molecule is CCCNc1nc(CC2CCCO2)nc(CCC)c1I. The summed E-state index contributed by atoms with van der Waals surface area (Å²) in [5.74, 6) is 1.93. The molecule has 0 radical (unpaired) electrons. The van der Waals surface area contributed by atoms with Gasteiger partial charge in [0.2, 0.25) is 0 Å². The zero-order valence-electron chi connectivity index (χ0n) is 12.4. The van der Waals surface area contributed by atoms with Crippen LogP contribution in [0.4, 0.5) is 5.82 Å². The summed E-state index contributed by atoms with van der Waals surface area (Å²) in [6.45, 7) is 6.20. The zero-order valence-corrected chi connectivity index (χ0v) is 14.6. The first-order valence-corrected chi connectivity index (χ1v) is 8.73. The minimum absolute atomic E-state index is 0.309. The largest absolute Gasteiger partial charge is 0.378 e. The van der Waals surface area contributed by atoms with E-state index in [1.165, 1.54) is 9.26 Å². The van der Waals surface area contributed by atoms with Gasteiger partial charge in [-0.1, -0.05) is 20.3 Å². The van der Waals surface area contributed by atoms with Crippen LogP contribution in [-0.2, 0) is 17.6 Å². The van der Waals surface area contributed by atoms with E-state index in [0.717, 1.165) is 63.3 Å². The van der Waals surface area contributed by atoms with Gasteiger partial charge in [0, 0.05) is 19.6 Å². The molecule has 1 unspecified atom stereocenters. The van der Waals surface area contributed by atoms with Crippen molar-refractivity contribution in [3.05, 3.63) is 15.1 Å². The summed E-state index contributed by atoms with van der Waals surface area (Å²) < 4.78 is 6.88. The van der Waals surface area contributed by atoms with Gasteiger partial charge < -0.3 is 10.1 Å². The molecule has 0 bridgehead atoms. The molecule has 0 spiro atoms. The van der Waals surface area contributed by atoms with Crippen molar-refractivity contribution in [1.82, 2.24) is 9.97 Å². The van der Waals surface area contributed by atoms with Crippen LogP contribution < -0.4 is 5.32 Å². The normalized spacial score (nSPS) is 18.4. The molecule has 1 aliphatic heterocycles. The summed E-state index contributed by atoms with van der Waals surface area (Å²) >= 11 is 2.37. The molecule has 1 fully saturated rings. The Morgan fingerprint density at radius 3 is 2.80 bits per heavy atom. The van der Waals surface area contributed by atoms with Gasteiger partial charge in [-0.2, -0.15) is 0 Å². The molecule has 0 aliphatic carbocycles. The number of nitrogens with one attached hydrogen (secondary N) is 1. The number of ether oxygens (including phenoxy) is 1. The monoisotopic (exact) mass is 389 g/mol. The average Bonchev–Trinajstić information content (AvgIpc) is 2.94. The Morgan fingerprint density at radius 1 is 1.30 bits per heavy atom. The van der Waals surface area contributed by atoms with Gasteiger partial charge in [0.05, 0.1) is 15.4 Å². The zero-order chi connectivity index (χ0) is 14.4. The highest BCUT2D eigenvalue weighted by Gasteiger charge is 2.19. The number of hydrogen-bond acceptors (Lipinski definition) is 4. The maximum Gasteiger partial charge on any atom is 0.143 e. The maximum absolute atomic E-state index is 5.71. The first-order valence-electron chi connectivity index (χ1n) is 7.65. The fourth-order valence-corrected chi connectivity index (χ4v) is 3.11. The maximum atomic E-state index is 5.71. The van der Waals surface area contributed by atoms with Gasteiger partial charge in [0.1, 0.15) is 11.6 Å². The lowest BCUT2D eigenvalue weighted by Crippen LogP contribution is -2.16. The quantitative estimate of drug-likeness (QED) is 0.725. The van der Waals surface area contributed by atoms with Gasteiger partial charge in [-0.15, -0.1) is 0 Å². The molecule has 2 rings (SSSR count). The molecule has 1 aromatic rings. The number of halogens is 1. The number of hydrogen-bond donors (Lipinski definition) is 1. The van der Waals surface area contributed by atoms with Gasteiger partial charge in [-0.05, 0) is 48.3 Å². The van der Waals surface area contributed by atoms with Crippen molar-refractivity contribution >= 4 is 28.4 Å². The number of aryl methyl sites for hydroxylation is 1. The highest BCUT2D eigenvalue weighted by molar-refractivity contribution is 14.1. The van der Waals surface area contributed by atoms with Gasteiger partial charge in [0.15, 0.2) is 0 Å². The van der Waals surface area contributed by atoms with Gasteiger partial charge in [-0.3, -0.25) is 0 Å². The van der Waals surface area contributed by atoms with Crippen LogP contribution in [0.1, 0.15) is 51.0 Å². The number of rotatable bonds is 7. The average molecular weight is 389 g/mol. The van der Waals surface area contributed by atoms with E-state index in [2.05, 4.69) is 41.8 Å². The minimum Gasteiger partial charge on any atom is -0.378 e. The van der Waals surface area contributed by atoms with Gasteiger partial charge >= 0.3 is 0 Å². The van der Waals surface area contributed by atoms with E-state index in [0.29, 0.717) is 6.10 Å². The Bertz CT molecular complexity index is 433. The summed E-state index contributed by atoms with van der Waals surface area (Å²) in [6, 6.07) is 0. The topological polar surface area (TPSA) is 47.0 Å². The van der Waals surface area contributed by atoms with Crippen molar-refractivity contribution in [1.29, 1.82) is 0 Å². The summed E-state index contributed by atoms with van der Waals surface area (Å²) in [5, 5.41) is 3.43. The lowest BCUT2D eigenvalue weighted by Gasteiger charge is -2.14. The first-order chi connectivity index (χ1) is 9.74. The van der Waals surface area contributed by atoms with Crippen molar-refractivity contribution in [3.8, 4) is 0 Å². The van der Waals surface area contributed by atoms with Crippen LogP contribution in [0.25, 0.3) is 0 Å². The molecular weight excluding hydrogens is 365 g/mol. The molecule has 0 amide bonds. The second-order valence-electron chi connectivity index (χ2n) is 5.27. The predicted octanol–water partition coefficient (Wildman–Crippen LogP) is 3.58. The Kier molecular flexibility index (Phi) is 6.48. The predicted molar refractivity (Wildman–Crippen MR) is 90.2 cm³/mol. The minimum atomic E-state index is 0.309. The van der Waals surface area contributed by atoms with Crippen molar-refractivity contribution in [3.63, 3.8) is 0 Å². The lowest BCUT2D eigenvalue weighted by atomic mass is 10.1. The Hall–Kier alpha value is -0.430. The van der Waals surface area contributed by atoms with Crippen molar-refractivity contribution < 1.29 is 4.74 Å². The highest BCUT2D eigenvalue weighted by Crippen LogP contribution is 2.23. The van der Waals surface area contributed by atoms with Gasteiger partial charge in [-0.25, -0.2) is 9.97 Å². The Balaban J connectivity index is 2.18. The van der Waals surface area contributed by atoms with Crippen LogP contribution >= 0.6 is 22.6 Å². The highest BCUT2D eigenvalue weighted by atomic mass is 127. The van der Waals surface area contributed by atoms with E-state index in [1.54, 1.807) is 0 Å². The van der Waals surface area contributed by atoms with Crippen LogP contribution in [0.5, 0.6) is 0 Å². The smallest absolute Gasteiger partial charge is 0.143 e. The lowest BCUT2D eigenvalue weighted by molar-refractivity contribution is 0.110. The van der Waals surface area contributed by atoms with Crippen LogP contribution in [0.3, 0.4) is 0 Å². The molecule has 1 aromatic heterocycles. The molecule has 1 N–H and O–H groups in total. The van der Waals surface area contributed by atoms with Crippen LogP contribution in [0, 0.1) is 3.57 Å². The van der Waals surface area contributed by atoms with Crippen molar-refractivity contribution in [2.75, 3.05) is 18.5 Å². The molecule has 2 heterocycles. The molecule has 0 aromatic carbocycles. The van der Waals surface area contributed by atoms with E-state index in [1.807, 2.05) is 0 Å². The molecular formula is C15H24IN3O. The molecule has 20 heavy (non-hydrogen) atoms. The molecule has 112 valence electrons. The summed E-state index contributed by atoms with van der Waals surface area (Å²) in [5.41, 5.74) is 1.18. The first kappa shape index (κ1) is 15.9. The Labute approximate surface area is 135 Å². The van der Waals surface area contributed by atoms with Gasteiger partial charge in [0.25, 0.3) is 0 Å². The summed E-state index contributed by atoms with van der Waals surface area (Å²) in [4.78, 5) is 9.46. The van der Waals surface area contributed by atoms with E-state index >= 15 is 0 Å². The second kappa shape index (κ2) is 8.12. The summed E-state index contributed by atoms with van der Waals surface area (Å²) in [7, 11) is 0. The van der Waals surface area contributed by atoms with E-state index in [-0.39, 0.29) is 0 Å². The number of nitrogens with zero attached hydrogens (tertiary/aromatic N) is 2. The van der Waals surface area contributed by atoms with Crippen molar-refractivity contribution in [2.45, 2.75) is 58.5 Å².